The molecule has 3 heterocycles. The first-order valence-electron chi connectivity index (χ1n) is 5.33. The quantitative estimate of drug-likeness (QED) is 0.690. The highest BCUT2D eigenvalue weighted by Gasteiger charge is 2.14. The summed E-state index contributed by atoms with van der Waals surface area (Å²) < 4.78 is 6.36. The third-order valence-electron chi connectivity index (χ3n) is 2.45. The summed E-state index contributed by atoms with van der Waals surface area (Å²) in [5.41, 5.74) is 0.995. The number of hydrogen-bond donors (Lipinski definition) is 2. The Morgan fingerprint density at radius 3 is 3.16 bits per heavy atom. The molecule has 19 heavy (non-hydrogen) atoms. The predicted octanol–water partition coefficient (Wildman–Crippen LogP) is 0.108. The van der Waals surface area contributed by atoms with Gasteiger partial charge in [-0.1, -0.05) is 0 Å². The van der Waals surface area contributed by atoms with E-state index in [2.05, 4.69) is 30.6 Å². The number of carbonyl (C=O) groups is 1. The summed E-state index contributed by atoms with van der Waals surface area (Å²) in [5, 5.41) is 12.9. The molecule has 2 N–H and O–H groups in total. The summed E-state index contributed by atoms with van der Waals surface area (Å²) >= 11 is 0. The first-order valence-corrected chi connectivity index (χ1v) is 5.33. The molecule has 0 radical (unpaired) electrons. The second-order valence-corrected chi connectivity index (χ2v) is 3.59. The first-order chi connectivity index (χ1) is 9.28. The summed E-state index contributed by atoms with van der Waals surface area (Å²) in [5.74, 6) is -0.160. The lowest BCUT2D eigenvalue weighted by Gasteiger charge is -1.98. The van der Waals surface area contributed by atoms with E-state index in [1.165, 1.54) is 13.3 Å². The smallest absolute Gasteiger partial charge is 0.336 e. The number of nitrogens with one attached hydrogen (secondary N) is 2. The third-order valence-corrected chi connectivity index (χ3v) is 2.45. The Kier molecular flexibility index (Phi) is 2.56. The van der Waals surface area contributed by atoms with Crippen LogP contribution in [0, 0.1) is 0 Å². The summed E-state index contributed by atoms with van der Waals surface area (Å²) in [6.45, 7) is 0. The Bertz CT molecular complexity index is 732. The van der Waals surface area contributed by atoms with Gasteiger partial charge in [-0.2, -0.15) is 10.1 Å². The van der Waals surface area contributed by atoms with Crippen LogP contribution < -0.4 is 10.1 Å². The Labute approximate surface area is 106 Å². The van der Waals surface area contributed by atoms with Crippen molar-refractivity contribution in [3.63, 3.8) is 0 Å². The van der Waals surface area contributed by atoms with Crippen LogP contribution in [-0.4, -0.2) is 42.8 Å². The molecule has 0 aliphatic heterocycles. The molecule has 0 aliphatic carbocycles. The van der Waals surface area contributed by atoms with Gasteiger partial charge in [-0.25, -0.2) is 9.61 Å². The van der Waals surface area contributed by atoms with Gasteiger partial charge in [0.05, 0.1) is 30.6 Å². The number of rotatable bonds is 3. The molecule has 0 spiro atoms. The summed E-state index contributed by atoms with van der Waals surface area (Å²) in [4.78, 5) is 19.9. The Hall–Kier alpha value is -2.97. The molecule has 3 aromatic rings. The molecule has 9 heteroatoms. The zero-order valence-corrected chi connectivity index (χ0v) is 9.86. The van der Waals surface area contributed by atoms with Crippen molar-refractivity contribution in [2.45, 2.75) is 0 Å². The molecule has 3 aromatic heterocycles. The molecule has 0 atom stereocenters. The van der Waals surface area contributed by atoms with Crippen LogP contribution >= 0.6 is 0 Å². The van der Waals surface area contributed by atoms with E-state index in [9.17, 15) is 4.79 Å². The monoisotopic (exact) mass is 259 g/mol. The number of fused-ring (bicyclic) bond motifs is 1. The van der Waals surface area contributed by atoms with Crippen molar-refractivity contribution in [2.75, 3.05) is 12.4 Å². The lowest BCUT2D eigenvalue weighted by molar-refractivity contribution is 0.102. The van der Waals surface area contributed by atoms with E-state index in [0.29, 0.717) is 11.1 Å². The van der Waals surface area contributed by atoms with Crippen LogP contribution in [0.25, 0.3) is 5.52 Å². The molecule has 0 saturated heterocycles. The number of carbonyl (C=O) groups excluding carboxylic acids is 1. The second kappa shape index (κ2) is 4.37. The van der Waals surface area contributed by atoms with Gasteiger partial charge in [-0.15, -0.1) is 5.10 Å². The molecule has 0 saturated carbocycles. The van der Waals surface area contributed by atoms with Crippen LogP contribution in [0.3, 0.4) is 0 Å². The SMILES string of the molecule is COc1n[nH]c(NC(=O)c2cnn3ccncc23)n1. The number of ether oxygens (including phenoxy) is 1. The fourth-order valence-corrected chi connectivity index (χ4v) is 1.58. The van der Waals surface area contributed by atoms with Crippen molar-refractivity contribution in [2.24, 2.45) is 0 Å². The average Bonchev–Trinajstić information content (AvgIpc) is 3.04. The van der Waals surface area contributed by atoms with Crippen molar-refractivity contribution in [1.29, 1.82) is 0 Å². The number of amides is 1. The minimum atomic E-state index is -0.359. The number of nitrogens with zero attached hydrogens (tertiary/aromatic N) is 5. The molecule has 96 valence electrons. The van der Waals surface area contributed by atoms with E-state index in [1.807, 2.05) is 0 Å². The Morgan fingerprint density at radius 2 is 2.37 bits per heavy atom. The highest BCUT2D eigenvalue weighted by molar-refractivity contribution is 6.07. The molecule has 9 nitrogen and oxygen atoms in total. The van der Waals surface area contributed by atoms with E-state index >= 15 is 0 Å². The molecule has 1 amide bonds. The predicted molar refractivity (Wildman–Crippen MR) is 63.9 cm³/mol. The first kappa shape index (κ1) is 11.1. The minimum Gasteiger partial charge on any atom is -0.466 e. The largest absolute Gasteiger partial charge is 0.466 e. The van der Waals surface area contributed by atoms with Crippen molar-refractivity contribution in [3.05, 3.63) is 30.4 Å². The van der Waals surface area contributed by atoms with Crippen LogP contribution in [0.15, 0.2) is 24.8 Å². The fourth-order valence-electron chi connectivity index (χ4n) is 1.58. The van der Waals surface area contributed by atoms with E-state index < -0.39 is 0 Å². The summed E-state index contributed by atoms with van der Waals surface area (Å²) in [7, 11) is 1.44. The van der Waals surface area contributed by atoms with Gasteiger partial charge in [-0.3, -0.25) is 15.1 Å². The van der Waals surface area contributed by atoms with E-state index in [-0.39, 0.29) is 17.9 Å². The number of aromatic nitrogens is 6. The van der Waals surface area contributed by atoms with Gasteiger partial charge >= 0.3 is 6.01 Å². The van der Waals surface area contributed by atoms with Crippen molar-refractivity contribution in [1.82, 2.24) is 29.8 Å². The highest BCUT2D eigenvalue weighted by atomic mass is 16.5. The summed E-state index contributed by atoms with van der Waals surface area (Å²) in [6, 6.07) is 0.150. The number of methoxy groups -OCH3 is 1. The Morgan fingerprint density at radius 1 is 1.47 bits per heavy atom. The van der Waals surface area contributed by atoms with Gasteiger partial charge in [0.15, 0.2) is 0 Å². The van der Waals surface area contributed by atoms with Crippen LogP contribution in [-0.2, 0) is 0 Å². The van der Waals surface area contributed by atoms with Gasteiger partial charge in [0.2, 0.25) is 5.95 Å². The van der Waals surface area contributed by atoms with Crippen LogP contribution in [0.2, 0.25) is 0 Å². The summed E-state index contributed by atoms with van der Waals surface area (Å²) in [6.07, 6.45) is 6.26. The molecule has 0 fully saturated rings. The topological polar surface area (TPSA) is 110 Å². The molecule has 0 bridgehead atoms. The van der Waals surface area contributed by atoms with Gasteiger partial charge in [-0.05, 0) is 0 Å². The third kappa shape index (κ3) is 1.97. The zero-order valence-electron chi connectivity index (χ0n) is 9.86. The van der Waals surface area contributed by atoms with E-state index in [0.717, 1.165) is 0 Å². The Balaban J connectivity index is 1.87. The molecule has 3 rings (SSSR count). The minimum absolute atomic E-state index is 0.150. The second-order valence-electron chi connectivity index (χ2n) is 3.59. The number of aromatic amines is 1. The number of anilines is 1. The molecule has 0 unspecified atom stereocenters. The van der Waals surface area contributed by atoms with Gasteiger partial charge in [0.1, 0.15) is 0 Å². The standard InChI is InChI=1S/C10H9N7O2/c1-19-10-14-9(15-16-10)13-8(18)6-4-12-17-3-2-11-5-7(6)17/h2-5H,1H3,(H2,13,14,15,16,18). The fraction of sp³-hybridized carbons (Fsp3) is 0.100. The van der Waals surface area contributed by atoms with Crippen LogP contribution in [0.5, 0.6) is 6.01 Å². The van der Waals surface area contributed by atoms with Crippen LogP contribution in [0.4, 0.5) is 5.95 Å². The van der Waals surface area contributed by atoms with E-state index in [1.54, 1.807) is 23.1 Å². The van der Waals surface area contributed by atoms with E-state index in [4.69, 9.17) is 4.74 Å². The lowest BCUT2D eigenvalue weighted by Crippen LogP contribution is -2.12. The maximum absolute atomic E-state index is 12.1. The van der Waals surface area contributed by atoms with Crippen molar-refractivity contribution >= 4 is 17.4 Å². The highest BCUT2D eigenvalue weighted by Crippen LogP contribution is 2.11. The molecular weight excluding hydrogens is 250 g/mol. The van der Waals surface area contributed by atoms with Gasteiger partial charge < -0.3 is 4.74 Å². The number of hydrogen-bond acceptors (Lipinski definition) is 6. The van der Waals surface area contributed by atoms with Gasteiger partial charge in [0.25, 0.3) is 5.91 Å². The van der Waals surface area contributed by atoms with Crippen molar-refractivity contribution in [3.8, 4) is 6.01 Å². The zero-order chi connectivity index (χ0) is 13.2. The van der Waals surface area contributed by atoms with Gasteiger partial charge in [0, 0.05) is 12.4 Å². The number of H-pyrrole nitrogens is 1. The molecule has 0 aliphatic rings. The average molecular weight is 259 g/mol. The maximum Gasteiger partial charge on any atom is 0.336 e. The normalized spacial score (nSPS) is 10.6. The van der Waals surface area contributed by atoms with Crippen molar-refractivity contribution < 1.29 is 9.53 Å². The van der Waals surface area contributed by atoms with Crippen LogP contribution in [0.1, 0.15) is 10.4 Å². The molecule has 0 aromatic carbocycles. The maximum atomic E-state index is 12.1. The lowest BCUT2D eigenvalue weighted by atomic mass is 10.3. The molecular formula is C10H9N7O2.